The van der Waals surface area contributed by atoms with Crippen LogP contribution < -0.4 is 5.32 Å². The number of hydrogen-bond acceptors (Lipinski definition) is 5. The molecule has 0 unspecified atom stereocenters. The molecule has 1 fully saturated rings. The summed E-state index contributed by atoms with van der Waals surface area (Å²) in [6.45, 7) is 1.07. The molecule has 3 rings (SSSR count). The number of aliphatic carboxylic acids is 1. The Kier molecular flexibility index (Phi) is 7.05. The number of rotatable bonds is 4. The first kappa shape index (κ1) is 21.4. The molecule has 0 aliphatic carbocycles. The Bertz CT molecular complexity index is 904. The van der Waals surface area contributed by atoms with E-state index in [9.17, 15) is 9.59 Å². The number of likely N-dealkylation sites (tertiary alicyclic amines) is 1. The van der Waals surface area contributed by atoms with Gasteiger partial charge in [-0.2, -0.15) is 5.10 Å². The molecule has 9 nitrogen and oxygen atoms in total. The van der Waals surface area contributed by atoms with Crippen molar-refractivity contribution < 1.29 is 19.4 Å². The number of amides is 2. The zero-order valence-electron chi connectivity index (χ0n) is 17.2. The molecule has 2 aliphatic heterocycles. The number of aromatic nitrogens is 2. The van der Waals surface area contributed by atoms with Crippen LogP contribution in [0.15, 0.2) is 47.6 Å². The molecule has 9 heteroatoms. The lowest BCUT2D eigenvalue weighted by molar-refractivity contribution is -0.138. The normalized spacial score (nSPS) is 19.5. The molecular formula is C21H27N5O4. The molecule has 2 aliphatic rings. The summed E-state index contributed by atoms with van der Waals surface area (Å²) in [5, 5.41) is 16.0. The van der Waals surface area contributed by atoms with Crippen LogP contribution in [0.25, 0.3) is 5.57 Å². The Hall–Kier alpha value is -3.36. The molecule has 0 spiro atoms. The Labute approximate surface area is 175 Å². The summed E-state index contributed by atoms with van der Waals surface area (Å²) in [5.74, 6) is 0.510. The number of nitrogens with one attached hydrogen (secondary N) is 1. The zero-order valence-corrected chi connectivity index (χ0v) is 17.2. The van der Waals surface area contributed by atoms with Crippen molar-refractivity contribution in [3.8, 4) is 0 Å². The van der Waals surface area contributed by atoms with Crippen molar-refractivity contribution in [3.05, 3.63) is 48.1 Å². The van der Waals surface area contributed by atoms with E-state index >= 15 is 0 Å². The van der Waals surface area contributed by atoms with Crippen molar-refractivity contribution >= 4 is 23.4 Å². The number of allylic oxidation sites excluding steroid dienone is 3. The molecule has 0 saturated carbocycles. The van der Waals surface area contributed by atoms with Gasteiger partial charge in [-0.3, -0.25) is 14.8 Å². The fourth-order valence-electron chi connectivity index (χ4n) is 3.45. The molecule has 1 aromatic rings. The van der Waals surface area contributed by atoms with E-state index in [1.54, 1.807) is 29.1 Å². The van der Waals surface area contributed by atoms with Gasteiger partial charge in [0.1, 0.15) is 11.6 Å². The van der Waals surface area contributed by atoms with Gasteiger partial charge in [-0.15, -0.1) is 0 Å². The molecule has 30 heavy (non-hydrogen) atoms. The fraction of sp³-hybridized carbons (Fsp3) is 0.429. The van der Waals surface area contributed by atoms with Crippen LogP contribution in [-0.4, -0.2) is 57.8 Å². The molecule has 2 N–H and O–H groups in total. The van der Waals surface area contributed by atoms with Crippen molar-refractivity contribution in [2.75, 3.05) is 20.2 Å². The Morgan fingerprint density at radius 1 is 1.30 bits per heavy atom. The number of nitrogens with zero attached hydrogens (tertiary/aromatic N) is 4. The zero-order chi connectivity index (χ0) is 21.5. The molecule has 2 amide bonds. The number of hydrogen-bond donors (Lipinski definition) is 2. The minimum atomic E-state index is -0.789. The maximum absolute atomic E-state index is 12.7. The van der Waals surface area contributed by atoms with Gasteiger partial charge in [-0.25, -0.2) is 9.79 Å². The number of carboxylic acids is 1. The number of aliphatic imine (C=N–C) groups is 1. The van der Waals surface area contributed by atoms with Gasteiger partial charge >= 0.3 is 12.0 Å². The van der Waals surface area contributed by atoms with Crippen LogP contribution in [-0.2, 0) is 16.6 Å². The fourth-order valence-corrected chi connectivity index (χ4v) is 3.45. The molecule has 0 bridgehead atoms. The second-order valence-electron chi connectivity index (χ2n) is 7.37. The monoisotopic (exact) mass is 413 g/mol. The Morgan fingerprint density at radius 3 is 2.70 bits per heavy atom. The number of carboxylic acid groups (broad SMARTS) is 1. The molecule has 1 saturated heterocycles. The van der Waals surface area contributed by atoms with Crippen LogP contribution in [0.2, 0.25) is 0 Å². The molecular weight excluding hydrogens is 386 g/mol. The summed E-state index contributed by atoms with van der Waals surface area (Å²) in [6, 6.07) is -0.224. The standard InChI is InChI=1S/C21H27N5O4/c1-25-14-17(13-23-25)16-3-4-18(30-2)5-6-19(22-12-16)24-21(29)26-9-7-15(8-10-26)11-20(27)28/h3-5,12-15H,6-11H2,1-2H3,(H,27,28)(H,22,24,29)/b4-3?,16-12+,18-5?. The van der Waals surface area contributed by atoms with Gasteiger partial charge in [0, 0.05) is 56.5 Å². The van der Waals surface area contributed by atoms with Gasteiger partial charge in [0.15, 0.2) is 0 Å². The molecule has 0 aromatic carbocycles. The van der Waals surface area contributed by atoms with E-state index in [-0.39, 0.29) is 18.4 Å². The number of methoxy groups -OCH3 is 1. The highest BCUT2D eigenvalue weighted by molar-refractivity contribution is 5.99. The highest BCUT2D eigenvalue weighted by atomic mass is 16.5. The lowest BCUT2D eigenvalue weighted by atomic mass is 9.94. The lowest BCUT2D eigenvalue weighted by Gasteiger charge is -2.31. The van der Waals surface area contributed by atoms with E-state index in [2.05, 4.69) is 15.4 Å². The predicted octanol–water partition coefficient (Wildman–Crippen LogP) is 2.55. The van der Waals surface area contributed by atoms with Crippen molar-refractivity contribution in [3.63, 3.8) is 0 Å². The van der Waals surface area contributed by atoms with E-state index in [0.717, 1.165) is 11.1 Å². The SMILES string of the molecule is COC1=CCC(NC(=O)N2CCC(CC(=O)O)CC2)=N/C=C(/c2cnn(C)c2)C=C1. The second kappa shape index (κ2) is 9.91. The largest absolute Gasteiger partial charge is 0.497 e. The summed E-state index contributed by atoms with van der Waals surface area (Å²) in [6.07, 6.45) is 12.9. The topological polar surface area (TPSA) is 109 Å². The summed E-state index contributed by atoms with van der Waals surface area (Å²) < 4.78 is 7.10. The quantitative estimate of drug-likeness (QED) is 0.788. The predicted molar refractivity (Wildman–Crippen MR) is 113 cm³/mol. The van der Waals surface area contributed by atoms with E-state index < -0.39 is 5.97 Å². The molecule has 0 atom stereocenters. The summed E-state index contributed by atoms with van der Waals surface area (Å²) in [7, 11) is 3.44. The Morgan fingerprint density at radius 2 is 2.07 bits per heavy atom. The maximum atomic E-state index is 12.7. The van der Waals surface area contributed by atoms with E-state index in [1.807, 2.05) is 31.5 Å². The van der Waals surface area contributed by atoms with E-state index in [1.165, 1.54) is 0 Å². The van der Waals surface area contributed by atoms with Gasteiger partial charge in [-0.1, -0.05) is 0 Å². The first-order chi connectivity index (χ1) is 14.4. The van der Waals surface area contributed by atoms with Crippen LogP contribution in [0.3, 0.4) is 0 Å². The number of ether oxygens (including phenoxy) is 1. The van der Waals surface area contributed by atoms with Crippen LogP contribution >= 0.6 is 0 Å². The number of aryl methyl sites for hydroxylation is 1. The third-order valence-electron chi connectivity index (χ3n) is 5.17. The van der Waals surface area contributed by atoms with E-state index in [4.69, 9.17) is 9.84 Å². The number of piperidine rings is 1. The summed E-state index contributed by atoms with van der Waals surface area (Å²) in [4.78, 5) is 29.8. The van der Waals surface area contributed by atoms with Crippen LogP contribution in [0.4, 0.5) is 4.79 Å². The first-order valence-corrected chi connectivity index (χ1v) is 9.90. The summed E-state index contributed by atoms with van der Waals surface area (Å²) >= 11 is 0. The average molecular weight is 413 g/mol. The minimum absolute atomic E-state index is 0.122. The Balaban J connectivity index is 1.70. The van der Waals surface area contributed by atoms with Crippen molar-refractivity contribution in [2.24, 2.45) is 18.0 Å². The molecule has 160 valence electrons. The van der Waals surface area contributed by atoms with Crippen LogP contribution in [0.1, 0.15) is 31.2 Å². The van der Waals surface area contributed by atoms with Gasteiger partial charge in [-0.05, 0) is 37.0 Å². The van der Waals surface area contributed by atoms with Gasteiger partial charge in [0.05, 0.1) is 13.3 Å². The molecule has 0 radical (unpaired) electrons. The summed E-state index contributed by atoms with van der Waals surface area (Å²) in [5.41, 5.74) is 1.75. The lowest BCUT2D eigenvalue weighted by Crippen LogP contribution is -2.46. The van der Waals surface area contributed by atoms with Crippen LogP contribution in [0, 0.1) is 5.92 Å². The second-order valence-corrected chi connectivity index (χ2v) is 7.37. The number of amidine groups is 1. The van der Waals surface area contributed by atoms with Crippen molar-refractivity contribution in [1.29, 1.82) is 0 Å². The smallest absolute Gasteiger partial charge is 0.322 e. The highest BCUT2D eigenvalue weighted by Crippen LogP contribution is 2.21. The van der Waals surface area contributed by atoms with Gasteiger partial charge < -0.3 is 14.7 Å². The number of urea groups is 1. The highest BCUT2D eigenvalue weighted by Gasteiger charge is 2.24. The maximum Gasteiger partial charge on any atom is 0.322 e. The van der Waals surface area contributed by atoms with Crippen LogP contribution in [0.5, 0.6) is 0 Å². The van der Waals surface area contributed by atoms with Gasteiger partial charge in [0.25, 0.3) is 0 Å². The third-order valence-corrected chi connectivity index (χ3v) is 5.17. The van der Waals surface area contributed by atoms with E-state index in [0.29, 0.717) is 43.9 Å². The average Bonchev–Trinajstić information content (AvgIpc) is 3.18. The molecule has 3 heterocycles. The third kappa shape index (κ3) is 5.82. The molecule has 1 aromatic heterocycles. The number of carbonyl (C=O) groups excluding carboxylic acids is 1. The van der Waals surface area contributed by atoms with Gasteiger partial charge in [0.2, 0.25) is 0 Å². The first-order valence-electron chi connectivity index (χ1n) is 9.90. The van der Waals surface area contributed by atoms with Crippen molar-refractivity contribution in [2.45, 2.75) is 25.7 Å². The number of carbonyl (C=O) groups is 2. The minimum Gasteiger partial charge on any atom is -0.497 e. The van der Waals surface area contributed by atoms with Crippen molar-refractivity contribution in [1.82, 2.24) is 20.0 Å².